The molecule has 0 saturated heterocycles. The topological polar surface area (TPSA) is 87.8 Å². The Morgan fingerprint density at radius 2 is 1.82 bits per heavy atom. The maximum Gasteiger partial charge on any atom is 0.258 e. The fourth-order valence-corrected chi connectivity index (χ4v) is 3.78. The van der Waals surface area contributed by atoms with Crippen LogP contribution in [0.5, 0.6) is 11.6 Å². The number of aromatic nitrogens is 6. The Morgan fingerprint density at radius 3 is 2.59 bits per heavy atom. The van der Waals surface area contributed by atoms with Gasteiger partial charge in [0.2, 0.25) is 5.95 Å². The number of rotatable bonds is 6. The normalized spacial score (nSPS) is 12.0. The van der Waals surface area contributed by atoms with Crippen molar-refractivity contribution in [2.75, 3.05) is 7.11 Å². The van der Waals surface area contributed by atoms with E-state index in [1.165, 1.54) is 19.6 Å². The Bertz CT molecular complexity index is 1470. The summed E-state index contributed by atoms with van der Waals surface area (Å²) >= 11 is 0. The van der Waals surface area contributed by atoms with E-state index in [1.807, 2.05) is 43.6 Å². The average Bonchev–Trinajstić information content (AvgIpc) is 3.25. The lowest BCUT2D eigenvalue weighted by Gasteiger charge is -2.17. The molecule has 1 atom stereocenters. The van der Waals surface area contributed by atoms with Crippen molar-refractivity contribution >= 4 is 11.0 Å². The maximum absolute atomic E-state index is 14.2. The predicted molar refractivity (Wildman–Crippen MR) is 125 cm³/mol. The van der Waals surface area contributed by atoms with Crippen molar-refractivity contribution in [3.05, 3.63) is 78.8 Å². The van der Waals surface area contributed by atoms with E-state index in [2.05, 4.69) is 20.1 Å². The van der Waals surface area contributed by atoms with E-state index in [0.29, 0.717) is 28.0 Å². The number of hydrogen-bond acceptors (Lipinski definition) is 7. The summed E-state index contributed by atoms with van der Waals surface area (Å²) in [6, 6.07) is 14.9. The Labute approximate surface area is 195 Å². The Balaban J connectivity index is 1.64. The molecule has 0 amide bonds. The molecule has 5 aromatic rings. The number of fused-ring (bicyclic) bond motifs is 1. The molecule has 4 heterocycles. The number of methoxy groups -OCH3 is 1. The van der Waals surface area contributed by atoms with Crippen LogP contribution < -0.4 is 9.47 Å². The summed E-state index contributed by atoms with van der Waals surface area (Å²) < 4.78 is 27.5. The van der Waals surface area contributed by atoms with Gasteiger partial charge in [-0.05, 0) is 19.1 Å². The van der Waals surface area contributed by atoms with Gasteiger partial charge in [0.25, 0.3) is 5.88 Å². The highest BCUT2D eigenvalue weighted by atomic mass is 19.1. The van der Waals surface area contributed by atoms with Crippen LogP contribution in [0, 0.1) is 5.95 Å². The first-order chi connectivity index (χ1) is 16.5. The number of nitrogens with zero attached hydrogens (tertiary/aromatic N) is 6. The van der Waals surface area contributed by atoms with Crippen molar-refractivity contribution in [1.82, 2.24) is 29.7 Å². The summed E-state index contributed by atoms with van der Waals surface area (Å²) in [5.41, 5.74) is 4.54. The minimum absolute atomic E-state index is 0.201. The highest BCUT2D eigenvalue weighted by Gasteiger charge is 2.21. The van der Waals surface area contributed by atoms with Crippen molar-refractivity contribution in [3.8, 4) is 34.1 Å². The first-order valence-electron chi connectivity index (χ1n) is 10.6. The fraction of sp³-hybridized carbons (Fsp3) is 0.160. The van der Waals surface area contributed by atoms with Crippen LogP contribution in [0.3, 0.4) is 0 Å². The molecule has 34 heavy (non-hydrogen) atoms. The molecule has 0 saturated carbocycles. The molecule has 8 nitrogen and oxygen atoms in total. The van der Waals surface area contributed by atoms with Crippen molar-refractivity contribution < 1.29 is 13.9 Å². The first-order valence-corrected chi connectivity index (χ1v) is 10.6. The quantitative estimate of drug-likeness (QED) is 0.340. The fourth-order valence-electron chi connectivity index (χ4n) is 3.78. The lowest BCUT2D eigenvalue weighted by molar-refractivity contribution is 0.201. The molecule has 0 aliphatic heterocycles. The van der Waals surface area contributed by atoms with Crippen molar-refractivity contribution in [3.63, 3.8) is 0 Å². The third kappa shape index (κ3) is 3.92. The smallest absolute Gasteiger partial charge is 0.258 e. The number of hydrogen-bond donors (Lipinski definition) is 0. The monoisotopic (exact) mass is 456 g/mol. The van der Waals surface area contributed by atoms with Gasteiger partial charge in [0, 0.05) is 42.2 Å². The molecule has 0 bridgehead atoms. The summed E-state index contributed by atoms with van der Waals surface area (Å²) in [6.45, 7) is 1.72. The molecule has 9 heteroatoms. The van der Waals surface area contributed by atoms with Gasteiger partial charge in [0.15, 0.2) is 5.75 Å². The van der Waals surface area contributed by atoms with Gasteiger partial charge in [-0.2, -0.15) is 9.49 Å². The first kappa shape index (κ1) is 21.4. The predicted octanol–water partition coefficient (Wildman–Crippen LogP) is 4.78. The minimum Gasteiger partial charge on any atom is -0.491 e. The largest absolute Gasteiger partial charge is 0.491 e. The van der Waals surface area contributed by atoms with Crippen LogP contribution in [0.4, 0.5) is 4.39 Å². The molecule has 0 fully saturated rings. The highest BCUT2D eigenvalue weighted by molar-refractivity contribution is 5.94. The van der Waals surface area contributed by atoms with E-state index in [-0.39, 0.29) is 5.88 Å². The molecule has 0 N–H and O–H groups in total. The standard InChI is InChI=1S/C25H21FN6O2/c1-15(17-10-7-11-27-24(17)26)34-25-20(33-3)12-19-23(30-25)22(29-14-28-19)18-13-32(2)31-21(18)16-8-5-4-6-9-16/h4-15H,1-3H3/t15-/m1/s1. The van der Waals surface area contributed by atoms with Crippen molar-refractivity contribution in [1.29, 1.82) is 0 Å². The Hall–Kier alpha value is -4.40. The molecule has 1 aromatic carbocycles. The molecule has 170 valence electrons. The van der Waals surface area contributed by atoms with Crippen LogP contribution in [0.1, 0.15) is 18.6 Å². The summed E-state index contributed by atoms with van der Waals surface area (Å²) in [4.78, 5) is 17.3. The molecule has 0 aliphatic rings. The van der Waals surface area contributed by atoms with Crippen molar-refractivity contribution in [2.24, 2.45) is 7.05 Å². The van der Waals surface area contributed by atoms with Gasteiger partial charge >= 0.3 is 0 Å². The summed E-state index contributed by atoms with van der Waals surface area (Å²) in [5, 5.41) is 4.64. The zero-order chi connectivity index (χ0) is 23.7. The SMILES string of the molecule is COc1cc2ncnc(-c3cn(C)nc3-c3ccccc3)c2nc1O[C@H](C)c1cccnc1F. The van der Waals surface area contributed by atoms with Gasteiger partial charge in [-0.25, -0.2) is 19.9 Å². The van der Waals surface area contributed by atoms with Crippen LogP contribution in [-0.2, 0) is 7.05 Å². The molecule has 5 rings (SSSR count). The third-order valence-electron chi connectivity index (χ3n) is 5.41. The number of halogens is 1. The highest BCUT2D eigenvalue weighted by Crippen LogP contribution is 2.37. The second-order valence-electron chi connectivity index (χ2n) is 7.66. The summed E-state index contributed by atoms with van der Waals surface area (Å²) in [6.07, 6.45) is 4.11. The average molecular weight is 456 g/mol. The Morgan fingerprint density at radius 1 is 1.00 bits per heavy atom. The van der Waals surface area contributed by atoms with Gasteiger partial charge in [-0.15, -0.1) is 0 Å². The molecule has 0 spiro atoms. The molecule has 0 aliphatic carbocycles. The van der Waals surface area contributed by atoms with Crippen LogP contribution in [0.15, 0.2) is 67.3 Å². The summed E-state index contributed by atoms with van der Waals surface area (Å²) in [7, 11) is 3.37. The molecular weight excluding hydrogens is 435 g/mol. The van der Waals surface area contributed by atoms with E-state index in [1.54, 1.807) is 29.8 Å². The van der Waals surface area contributed by atoms with Crippen LogP contribution >= 0.6 is 0 Å². The van der Waals surface area contributed by atoms with Gasteiger partial charge in [-0.1, -0.05) is 30.3 Å². The lowest BCUT2D eigenvalue weighted by Crippen LogP contribution is -2.09. The second-order valence-corrected chi connectivity index (χ2v) is 7.66. The van der Waals surface area contributed by atoms with Gasteiger partial charge in [0.1, 0.15) is 29.3 Å². The Kier molecular flexibility index (Phi) is 5.59. The zero-order valence-corrected chi connectivity index (χ0v) is 18.8. The van der Waals surface area contributed by atoms with Gasteiger partial charge in [0.05, 0.1) is 12.6 Å². The molecule has 0 radical (unpaired) electrons. The van der Waals surface area contributed by atoms with E-state index in [4.69, 9.17) is 14.5 Å². The number of ether oxygens (including phenoxy) is 2. The van der Waals surface area contributed by atoms with Gasteiger partial charge in [-0.3, -0.25) is 4.68 Å². The van der Waals surface area contributed by atoms with E-state index in [9.17, 15) is 4.39 Å². The van der Waals surface area contributed by atoms with Crippen LogP contribution in [-0.4, -0.2) is 36.8 Å². The van der Waals surface area contributed by atoms with Crippen molar-refractivity contribution in [2.45, 2.75) is 13.0 Å². The van der Waals surface area contributed by atoms with E-state index in [0.717, 1.165) is 16.8 Å². The minimum atomic E-state index is -0.654. The maximum atomic E-state index is 14.2. The van der Waals surface area contributed by atoms with E-state index < -0.39 is 12.1 Å². The third-order valence-corrected chi connectivity index (χ3v) is 5.41. The number of pyridine rings is 2. The van der Waals surface area contributed by atoms with Crippen LogP contribution in [0.25, 0.3) is 33.5 Å². The second kappa shape index (κ2) is 8.86. The number of aryl methyl sites for hydroxylation is 1. The summed E-state index contributed by atoms with van der Waals surface area (Å²) in [5.74, 6) is -0.0173. The number of benzene rings is 1. The van der Waals surface area contributed by atoms with Gasteiger partial charge < -0.3 is 9.47 Å². The van der Waals surface area contributed by atoms with Crippen LogP contribution in [0.2, 0.25) is 0 Å². The molecule has 0 unspecified atom stereocenters. The van der Waals surface area contributed by atoms with E-state index >= 15 is 0 Å². The lowest BCUT2D eigenvalue weighted by atomic mass is 10.0. The zero-order valence-electron chi connectivity index (χ0n) is 18.8. The molecule has 4 aromatic heterocycles. The molecular formula is C25H21FN6O2.